The van der Waals surface area contributed by atoms with Crippen LogP contribution in [0.5, 0.6) is 0 Å². The first-order valence-corrected chi connectivity index (χ1v) is 9.86. The number of rotatable bonds is 17. The normalized spacial score (nSPS) is 11.0. The topological polar surface area (TPSA) is 29.1 Å². The molecular formula is C21H39NO. The van der Waals surface area contributed by atoms with Gasteiger partial charge in [-0.2, -0.15) is 0 Å². The fraction of sp³-hybridized carbons (Fsp3) is 0.762. The Labute approximate surface area is 144 Å². The van der Waals surface area contributed by atoms with Gasteiger partial charge < -0.3 is 5.32 Å². The van der Waals surface area contributed by atoms with Crippen molar-refractivity contribution < 1.29 is 4.79 Å². The monoisotopic (exact) mass is 321 g/mol. The second-order valence-corrected chi connectivity index (χ2v) is 6.43. The Hall–Kier alpha value is -1.05. The minimum absolute atomic E-state index is 0.0576. The predicted octanol–water partition coefficient (Wildman–Crippen LogP) is 6.33. The van der Waals surface area contributed by atoms with Gasteiger partial charge in [-0.3, -0.25) is 4.79 Å². The number of amides is 1. The van der Waals surface area contributed by atoms with E-state index in [0.717, 1.165) is 13.0 Å². The summed E-state index contributed by atoms with van der Waals surface area (Å²) >= 11 is 0. The van der Waals surface area contributed by atoms with Crippen LogP contribution in [0.4, 0.5) is 0 Å². The standard InChI is InChI=1S/C21H39NO/c1-3-5-6-7-8-9-10-11-12-13-14-15-16-17-18-19-20-22-21(23)4-2/h4,11-12H,2-3,5-10,13-20H2,1H3,(H,22,23)/b12-11-. The van der Waals surface area contributed by atoms with Crippen LogP contribution in [0.3, 0.4) is 0 Å². The molecule has 134 valence electrons. The van der Waals surface area contributed by atoms with Crippen LogP contribution in [-0.2, 0) is 4.79 Å². The molecule has 0 aliphatic rings. The lowest BCUT2D eigenvalue weighted by atomic mass is 10.1. The third-order valence-corrected chi connectivity index (χ3v) is 4.17. The molecule has 2 nitrogen and oxygen atoms in total. The first-order chi connectivity index (χ1) is 11.3. The zero-order valence-corrected chi connectivity index (χ0v) is 15.5. The van der Waals surface area contributed by atoms with E-state index in [2.05, 4.69) is 31.0 Å². The summed E-state index contributed by atoms with van der Waals surface area (Å²) in [6.07, 6.45) is 24.5. The van der Waals surface area contributed by atoms with E-state index in [0.29, 0.717) is 0 Å². The summed E-state index contributed by atoms with van der Waals surface area (Å²) in [5, 5.41) is 2.82. The molecular weight excluding hydrogens is 282 g/mol. The molecule has 0 aromatic rings. The van der Waals surface area contributed by atoms with E-state index < -0.39 is 0 Å². The van der Waals surface area contributed by atoms with Crippen molar-refractivity contribution >= 4 is 5.91 Å². The molecule has 0 aromatic carbocycles. The average molecular weight is 322 g/mol. The molecule has 0 aromatic heterocycles. The maximum atomic E-state index is 10.9. The molecule has 2 heteroatoms. The number of hydrogen-bond donors (Lipinski definition) is 1. The van der Waals surface area contributed by atoms with Crippen LogP contribution in [0, 0.1) is 0 Å². The Bertz CT molecular complexity index is 296. The first kappa shape index (κ1) is 21.9. The number of nitrogens with one attached hydrogen (secondary N) is 1. The summed E-state index contributed by atoms with van der Waals surface area (Å²) in [6.45, 7) is 6.49. The largest absolute Gasteiger partial charge is 0.353 e. The van der Waals surface area contributed by atoms with Crippen molar-refractivity contribution in [1.29, 1.82) is 0 Å². The summed E-state index contributed by atoms with van der Waals surface area (Å²) in [5.74, 6) is -0.0576. The van der Waals surface area contributed by atoms with Crippen molar-refractivity contribution in [2.75, 3.05) is 6.54 Å². The Balaban J connectivity index is 3.10. The van der Waals surface area contributed by atoms with E-state index in [-0.39, 0.29) is 5.91 Å². The third-order valence-electron chi connectivity index (χ3n) is 4.17. The van der Waals surface area contributed by atoms with Crippen LogP contribution in [0.15, 0.2) is 24.8 Å². The van der Waals surface area contributed by atoms with Gasteiger partial charge in [0.1, 0.15) is 0 Å². The summed E-state index contributed by atoms with van der Waals surface area (Å²) in [4.78, 5) is 10.9. The van der Waals surface area contributed by atoms with Crippen LogP contribution in [0.2, 0.25) is 0 Å². The van der Waals surface area contributed by atoms with E-state index in [1.165, 1.54) is 89.5 Å². The van der Waals surface area contributed by atoms with Crippen LogP contribution in [-0.4, -0.2) is 12.5 Å². The van der Waals surface area contributed by atoms with Crippen LogP contribution in [0.25, 0.3) is 0 Å². The number of carbonyl (C=O) groups excluding carboxylic acids is 1. The van der Waals surface area contributed by atoms with Gasteiger partial charge in [-0.25, -0.2) is 0 Å². The predicted molar refractivity (Wildman–Crippen MR) is 103 cm³/mol. The zero-order valence-electron chi connectivity index (χ0n) is 15.5. The SMILES string of the molecule is C=CC(=O)NCCCCCCCC/C=C\CCCCCCCC. The lowest BCUT2D eigenvalue weighted by Crippen LogP contribution is -2.21. The Morgan fingerprint density at radius 2 is 1.26 bits per heavy atom. The van der Waals surface area contributed by atoms with Crippen molar-refractivity contribution in [3.05, 3.63) is 24.8 Å². The number of allylic oxidation sites excluding steroid dienone is 2. The molecule has 1 N–H and O–H groups in total. The van der Waals surface area contributed by atoms with Gasteiger partial charge in [0.05, 0.1) is 0 Å². The summed E-state index contributed by atoms with van der Waals surface area (Å²) in [5.41, 5.74) is 0. The highest BCUT2D eigenvalue weighted by Gasteiger charge is 1.94. The number of hydrogen-bond acceptors (Lipinski definition) is 1. The quantitative estimate of drug-likeness (QED) is 0.189. The van der Waals surface area contributed by atoms with Gasteiger partial charge in [0.25, 0.3) is 0 Å². The molecule has 1 amide bonds. The minimum Gasteiger partial charge on any atom is -0.353 e. The third kappa shape index (κ3) is 18.9. The van der Waals surface area contributed by atoms with Gasteiger partial charge in [-0.05, 0) is 38.2 Å². The summed E-state index contributed by atoms with van der Waals surface area (Å²) in [6, 6.07) is 0. The minimum atomic E-state index is -0.0576. The fourth-order valence-corrected chi connectivity index (χ4v) is 2.66. The van der Waals surface area contributed by atoms with Crippen molar-refractivity contribution in [3.8, 4) is 0 Å². The van der Waals surface area contributed by atoms with Crippen LogP contribution in [0.1, 0.15) is 96.8 Å². The maximum Gasteiger partial charge on any atom is 0.243 e. The van der Waals surface area contributed by atoms with Crippen molar-refractivity contribution in [3.63, 3.8) is 0 Å². The molecule has 0 saturated carbocycles. The average Bonchev–Trinajstić information content (AvgIpc) is 2.57. The smallest absolute Gasteiger partial charge is 0.243 e. The molecule has 0 aliphatic carbocycles. The van der Waals surface area contributed by atoms with Gasteiger partial charge in [0, 0.05) is 6.54 Å². The highest BCUT2D eigenvalue weighted by atomic mass is 16.1. The second-order valence-electron chi connectivity index (χ2n) is 6.43. The van der Waals surface area contributed by atoms with E-state index in [9.17, 15) is 4.79 Å². The molecule has 0 aliphatic heterocycles. The first-order valence-electron chi connectivity index (χ1n) is 9.86. The number of carbonyl (C=O) groups is 1. The van der Waals surface area contributed by atoms with Crippen molar-refractivity contribution in [2.24, 2.45) is 0 Å². The maximum absolute atomic E-state index is 10.9. The van der Waals surface area contributed by atoms with Gasteiger partial charge in [0.2, 0.25) is 5.91 Å². The lowest BCUT2D eigenvalue weighted by molar-refractivity contribution is -0.116. The van der Waals surface area contributed by atoms with Gasteiger partial charge >= 0.3 is 0 Å². The molecule has 0 spiro atoms. The molecule has 0 rings (SSSR count). The number of unbranched alkanes of at least 4 members (excludes halogenated alkanes) is 12. The van der Waals surface area contributed by atoms with E-state index in [1.807, 2.05) is 0 Å². The fourth-order valence-electron chi connectivity index (χ4n) is 2.66. The zero-order chi connectivity index (χ0) is 17.0. The second kappa shape index (κ2) is 19.0. The van der Waals surface area contributed by atoms with E-state index in [1.54, 1.807) is 0 Å². The molecule has 0 radical (unpaired) electrons. The van der Waals surface area contributed by atoms with Crippen molar-refractivity contribution in [1.82, 2.24) is 5.32 Å². The highest BCUT2D eigenvalue weighted by molar-refractivity contribution is 5.86. The van der Waals surface area contributed by atoms with Gasteiger partial charge in [-0.1, -0.05) is 83.4 Å². The van der Waals surface area contributed by atoms with Gasteiger partial charge in [-0.15, -0.1) is 0 Å². The molecule has 0 fully saturated rings. The molecule has 23 heavy (non-hydrogen) atoms. The summed E-state index contributed by atoms with van der Waals surface area (Å²) < 4.78 is 0. The molecule has 0 unspecified atom stereocenters. The summed E-state index contributed by atoms with van der Waals surface area (Å²) in [7, 11) is 0. The van der Waals surface area contributed by atoms with Gasteiger partial charge in [0.15, 0.2) is 0 Å². The van der Waals surface area contributed by atoms with E-state index in [4.69, 9.17) is 0 Å². The Kier molecular flexibility index (Phi) is 18.1. The molecule has 0 atom stereocenters. The lowest BCUT2D eigenvalue weighted by Gasteiger charge is -2.02. The van der Waals surface area contributed by atoms with E-state index >= 15 is 0 Å². The Morgan fingerprint density at radius 1 is 0.783 bits per heavy atom. The highest BCUT2D eigenvalue weighted by Crippen LogP contribution is 2.09. The Morgan fingerprint density at radius 3 is 1.78 bits per heavy atom. The molecule has 0 saturated heterocycles. The molecule has 0 heterocycles. The van der Waals surface area contributed by atoms with Crippen LogP contribution >= 0.6 is 0 Å². The van der Waals surface area contributed by atoms with Crippen molar-refractivity contribution in [2.45, 2.75) is 96.8 Å². The van der Waals surface area contributed by atoms with Crippen LogP contribution < -0.4 is 5.32 Å². The molecule has 0 bridgehead atoms.